The minimum Gasteiger partial charge on any atom is -0.496 e. The zero-order valence-electron chi connectivity index (χ0n) is 25.4. The van der Waals surface area contributed by atoms with Crippen LogP contribution in [0.1, 0.15) is 42.4 Å². The van der Waals surface area contributed by atoms with Crippen LogP contribution < -0.4 is 24.8 Å². The summed E-state index contributed by atoms with van der Waals surface area (Å²) in [5, 5.41) is 6.58. The molecule has 3 aromatic rings. The third kappa shape index (κ3) is 7.67. The number of carbonyl (C=O) groups excluding carboxylic acids is 2. The summed E-state index contributed by atoms with van der Waals surface area (Å²) in [5.41, 5.74) is 4.75. The molecule has 2 aliphatic heterocycles. The number of amides is 2. The van der Waals surface area contributed by atoms with Crippen molar-refractivity contribution in [2.45, 2.75) is 51.8 Å². The molecule has 2 fully saturated rings. The highest BCUT2D eigenvalue weighted by molar-refractivity contribution is 6.35. The first-order valence-corrected chi connectivity index (χ1v) is 15.7. The molecular weight excluding hydrogens is 601 g/mol. The summed E-state index contributed by atoms with van der Waals surface area (Å²) in [6.07, 6.45) is 3.11. The maximum absolute atomic E-state index is 12.1. The van der Waals surface area contributed by atoms with Crippen LogP contribution in [0, 0.1) is 12.8 Å². The van der Waals surface area contributed by atoms with Crippen molar-refractivity contribution >= 4 is 35.0 Å². The number of hydrogen-bond donors (Lipinski definition) is 2. The van der Waals surface area contributed by atoms with Gasteiger partial charge in [-0.05, 0) is 68.6 Å². The molecule has 0 spiro atoms. The van der Waals surface area contributed by atoms with Crippen molar-refractivity contribution < 1.29 is 23.8 Å². The SMILES string of the molecule is COc1cc(OCc2cccc(-c3cccc(OCC4CCCN(C)C4)c3Cl)c2C)c(Cl)cc1CNC1CCC(=O)NC1=O. The predicted octanol–water partition coefficient (Wildman–Crippen LogP) is 6.17. The van der Waals surface area contributed by atoms with Crippen molar-refractivity contribution in [3.8, 4) is 28.4 Å². The summed E-state index contributed by atoms with van der Waals surface area (Å²) >= 11 is 13.5. The quantitative estimate of drug-likeness (QED) is 0.243. The minimum absolute atomic E-state index is 0.250. The molecule has 10 heteroatoms. The van der Waals surface area contributed by atoms with Gasteiger partial charge in [0, 0.05) is 42.6 Å². The average molecular weight is 641 g/mol. The van der Waals surface area contributed by atoms with Crippen LogP contribution in [0.5, 0.6) is 17.2 Å². The first-order chi connectivity index (χ1) is 21.2. The van der Waals surface area contributed by atoms with E-state index in [9.17, 15) is 9.59 Å². The van der Waals surface area contributed by atoms with Crippen molar-refractivity contribution in [2.24, 2.45) is 5.92 Å². The number of imide groups is 1. The summed E-state index contributed by atoms with van der Waals surface area (Å²) in [6.45, 7) is 5.52. The molecule has 5 rings (SSSR count). The van der Waals surface area contributed by atoms with Gasteiger partial charge < -0.3 is 24.4 Å². The van der Waals surface area contributed by atoms with Crippen molar-refractivity contribution in [2.75, 3.05) is 33.9 Å². The van der Waals surface area contributed by atoms with Crippen LogP contribution in [0.25, 0.3) is 11.1 Å². The van der Waals surface area contributed by atoms with E-state index in [-0.39, 0.29) is 11.8 Å². The van der Waals surface area contributed by atoms with E-state index in [0.29, 0.717) is 65.8 Å². The van der Waals surface area contributed by atoms with E-state index in [1.165, 1.54) is 12.8 Å². The summed E-state index contributed by atoms with van der Waals surface area (Å²) < 4.78 is 18.0. The van der Waals surface area contributed by atoms with Crippen LogP contribution in [0.3, 0.4) is 0 Å². The number of piperidine rings is 2. The molecule has 0 bridgehead atoms. The Morgan fingerprint density at radius 2 is 1.77 bits per heavy atom. The van der Waals surface area contributed by atoms with Crippen LogP contribution in [-0.2, 0) is 22.7 Å². The van der Waals surface area contributed by atoms with Gasteiger partial charge in [0.05, 0.1) is 29.8 Å². The van der Waals surface area contributed by atoms with E-state index in [0.717, 1.165) is 40.9 Å². The normalized spacial score (nSPS) is 19.0. The lowest BCUT2D eigenvalue weighted by atomic mass is 9.96. The lowest BCUT2D eigenvalue weighted by Gasteiger charge is -2.29. The molecule has 2 aliphatic rings. The van der Waals surface area contributed by atoms with E-state index in [2.05, 4.69) is 35.6 Å². The number of halogens is 2. The van der Waals surface area contributed by atoms with Crippen molar-refractivity contribution in [3.63, 3.8) is 0 Å². The van der Waals surface area contributed by atoms with Crippen molar-refractivity contribution in [1.82, 2.24) is 15.5 Å². The molecule has 2 atom stereocenters. The highest BCUT2D eigenvalue weighted by atomic mass is 35.5. The standard InChI is InChI=1S/C34H39Cl2N3O5/c1-21-23(8-4-9-25(21)26-10-5-11-29(33(26)36)43-19-22-7-6-14-39(2)18-22)20-44-31-16-30(42-3)24(15-27(31)35)17-37-28-12-13-32(40)38-34(28)41/h4-5,8-11,15-16,22,28,37H,6-7,12-14,17-20H2,1-3H3,(H,38,40,41). The van der Waals surface area contributed by atoms with Crippen molar-refractivity contribution in [3.05, 3.63) is 75.3 Å². The van der Waals surface area contributed by atoms with Crippen LogP contribution in [0.15, 0.2) is 48.5 Å². The molecule has 2 N–H and O–H groups in total. The molecule has 44 heavy (non-hydrogen) atoms. The second-order valence-corrected chi connectivity index (χ2v) is 12.3. The minimum atomic E-state index is -0.456. The number of hydrogen-bond acceptors (Lipinski definition) is 7. The fraction of sp³-hybridized carbons (Fsp3) is 0.412. The van der Waals surface area contributed by atoms with Gasteiger partial charge >= 0.3 is 0 Å². The number of ether oxygens (including phenoxy) is 3. The maximum Gasteiger partial charge on any atom is 0.243 e. The second-order valence-electron chi connectivity index (χ2n) is 11.6. The molecule has 234 valence electrons. The van der Waals surface area contributed by atoms with Gasteiger partial charge in [-0.3, -0.25) is 14.9 Å². The Hall–Kier alpha value is -3.30. The average Bonchev–Trinajstić information content (AvgIpc) is 3.00. The maximum atomic E-state index is 12.1. The smallest absolute Gasteiger partial charge is 0.243 e. The van der Waals surface area contributed by atoms with Crippen LogP contribution in [0.4, 0.5) is 0 Å². The monoisotopic (exact) mass is 639 g/mol. The van der Waals surface area contributed by atoms with Gasteiger partial charge in [0.1, 0.15) is 23.9 Å². The summed E-state index contributed by atoms with van der Waals surface area (Å²) in [4.78, 5) is 25.9. The molecule has 2 unspecified atom stereocenters. The number of methoxy groups -OCH3 is 1. The molecule has 0 aromatic heterocycles. The van der Waals surface area contributed by atoms with Crippen LogP contribution in [0.2, 0.25) is 10.0 Å². The van der Waals surface area contributed by atoms with E-state index >= 15 is 0 Å². The highest BCUT2D eigenvalue weighted by Crippen LogP contribution is 2.39. The van der Waals surface area contributed by atoms with Crippen LogP contribution in [-0.4, -0.2) is 56.6 Å². The zero-order chi connectivity index (χ0) is 31.2. The van der Waals surface area contributed by atoms with E-state index in [1.807, 2.05) is 30.3 Å². The molecule has 3 aromatic carbocycles. The fourth-order valence-electron chi connectivity index (χ4n) is 5.87. The number of nitrogens with one attached hydrogen (secondary N) is 2. The second kappa shape index (κ2) is 14.7. The Morgan fingerprint density at radius 1 is 0.977 bits per heavy atom. The first kappa shape index (κ1) is 32.1. The van der Waals surface area contributed by atoms with Gasteiger partial charge in [0.2, 0.25) is 11.8 Å². The molecule has 2 saturated heterocycles. The summed E-state index contributed by atoms with van der Waals surface area (Å²) in [5.74, 6) is 1.69. The molecule has 0 saturated carbocycles. The summed E-state index contributed by atoms with van der Waals surface area (Å²) in [7, 11) is 3.73. The number of carbonyl (C=O) groups is 2. The van der Waals surface area contributed by atoms with Gasteiger partial charge in [-0.15, -0.1) is 0 Å². The summed E-state index contributed by atoms with van der Waals surface area (Å²) in [6, 6.07) is 15.1. The Balaban J connectivity index is 1.26. The van der Waals surface area contributed by atoms with Gasteiger partial charge in [-0.1, -0.05) is 53.5 Å². The highest BCUT2D eigenvalue weighted by Gasteiger charge is 2.26. The van der Waals surface area contributed by atoms with Gasteiger partial charge in [0.25, 0.3) is 0 Å². The third-order valence-corrected chi connectivity index (χ3v) is 9.08. The Labute approximate surface area is 269 Å². The Bertz CT molecular complexity index is 1510. The molecule has 2 amide bonds. The molecular formula is C34H39Cl2N3O5. The third-order valence-electron chi connectivity index (χ3n) is 8.39. The molecule has 0 radical (unpaired) electrons. The number of rotatable bonds is 11. The number of likely N-dealkylation sites (tertiary alicyclic amines) is 1. The van der Waals surface area contributed by atoms with Crippen LogP contribution >= 0.6 is 23.2 Å². The topological polar surface area (TPSA) is 89.1 Å². The van der Waals surface area contributed by atoms with E-state index in [1.54, 1.807) is 19.2 Å². The number of nitrogens with zero attached hydrogens (tertiary/aromatic N) is 1. The number of benzene rings is 3. The molecule has 0 aliphatic carbocycles. The Morgan fingerprint density at radius 3 is 2.55 bits per heavy atom. The largest absolute Gasteiger partial charge is 0.496 e. The lowest BCUT2D eigenvalue weighted by Crippen LogP contribution is -2.50. The predicted molar refractivity (Wildman–Crippen MR) is 173 cm³/mol. The molecule has 2 heterocycles. The lowest BCUT2D eigenvalue weighted by molar-refractivity contribution is -0.134. The van der Waals surface area contributed by atoms with Gasteiger partial charge in [0.15, 0.2) is 0 Å². The van der Waals surface area contributed by atoms with E-state index < -0.39 is 6.04 Å². The van der Waals surface area contributed by atoms with Gasteiger partial charge in [-0.25, -0.2) is 0 Å². The van der Waals surface area contributed by atoms with Gasteiger partial charge in [-0.2, -0.15) is 0 Å². The van der Waals surface area contributed by atoms with Crippen molar-refractivity contribution in [1.29, 1.82) is 0 Å². The zero-order valence-corrected chi connectivity index (χ0v) is 26.9. The van der Waals surface area contributed by atoms with E-state index in [4.69, 9.17) is 37.4 Å². The molecule has 8 nitrogen and oxygen atoms in total. The fourth-order valence-corrected chi connectivity index (χ4v) is 6.39. The Kier molecular flexibility index (Phi) is 10.7. The first-order valence-electron chi connectivity index (χ1n) is 15.0.